The first kappa shape index (κ1) is 28.6. The number of anilines is 1. The Labute approximate surface area is 227 Å². The number of aromatic nitrogens is 1. The van der Waals surface area contributed by atoms with Gasteiger partial charge >= 0.3 is 0 Å². The lowest BCUT2D eigenvalue weighted by atomic mass is 10.1. The van der Waals surface area contributed by atoms with Crippen LogP contribution in [0.5, 0.6) is 28.7 Å². The third-order valence-corrected chi connectivity index (χ3v) is 6.49. The van der Waals surface area contributed by atoms with Crippen LogP contribution in [0.4, 0.5) is 5.13 Å². The van der Waals surface area contributed by atoms with Gasteiger partial charge in [-0.2, -0.15) is 0 Å². The fraction of sp³-hybridized carbons (Fsp3) is 0.462. The molecule has 1 amide bonds. The summed E-state index contributed by atoms with van der Waals surface area (Å²) < 4.78 is 29.8. The van der Waals surface area contributed by atoms with Crippen molar-refractivity contribution in [2.75, 3.05) is 65.1 Å². The lowest BCUT2D eigenvalue weighted by Crippen LogP contribution is -2.36. The number of carbonyl (C=O) groups is 1. The first-order chi connectivity index (χ1) is 17.4. The van der Waals surface area contributed by atoms with Crippen LogP contribution in [0, 0.1) is 0 Å². The molecule has 0 fully saturated rings. The normalized spacial score (nSPS) is 12.3. The monoisotopic (exact) mass is 551 g/mol. The molecule has 2 aromatic carbocycles. The smallest absolute Gasteiger partial charge is 0.260 e. The molecule has 3 aromatic rings. The minimum atomic E-state index is -0.196. The van der Waals surface area contributed by atoms with E-state index in [1.807, 2.05) is 51.9 Å². The zero-order valence-corrected chi connectivity index (χ0v) is 23.5. The van der Waals surface area contributed by atoms with Crippen molar-refractivity contribution in [1.82, 2.24) is 9.88 Å². The fourth-order valence-electron chi connectivity index (χ4n) is 3.82. The molecule has 0 spiro atoms. The highest BCUT2D eigenvalue weighted by atomic mass is 35.5. The number of thiazole rings is 1. The fourth-order valence-corrected chi connectivity index (χ4v) is 4.82. The summed E-state index contributed by atoms with van der Waals surface area (Å²) in [4.78, 5) is 22.5. The second-order valence-corrected chi connectivity index (χ2v) is 9.33. The Balaban J connectivity index is 0.00000380. The number of rotatable bonds is 11. The molecule has 0 N–H and O–H groups in total. The van der Waals surface area contributed by atoms with Crippen LogP contribution < -0.4 is 28.6 Å². The maximum atomic E-state index is 13.9. The number of hydrogen-bond acceptors (Lipinski definition) is 9. The molecule has 0 unspecified atom stereocenters. The molecule has 0 saturated carbocycles. The molecule has 9 nitrogen and oxygen atoms in total. The molecule has 1 aliphatic heterocycles. The largest absolute Gasteiger partial charge is 0.490 e. The van der Waals surface area contributed by atoms with Gasteiger partial charge in [0.1, 0.15) is 13.2 Å². The van der Waals surface area contributed by atoms with E-state index in [1.54, 1.807) is 17.0 Å². The Morgan fingerprint density at radius 3 is 2.08 bits per heavy atom. The molecule has 0 bridgehead atoms. The van der Waals surface area contributed by atoms with E-state index in [0.29, 0.717) is 85.6 Å². The van der Waals surface area contributed by atoms with Crippen molar-refractivity contribution >= 4 is 45.0 Å². The van der Waals surface area contributed by atoms with E-state index in [0.717, 1.165) is 10.2 Å². The first-order valence-electron chi connectivity index (χ1n) is 12.2. The highest BCUT2D eigenvalue weighted by Crippen LogP contribution is 2.41. The zero-order valence-electron chi connectivity index (χ0n) is 21.9. The minimum absolute atomic E-state index is 0. The van der Waals surface area contributed by atoms with Crippen LogP contribution in [0.15, 0.2) is 24.3 Å². The summed E-state index contributed by atoms with van der Waals surface area (Å²) in [6, 6.07) is 7.23. The summed E-state index contributed by atoms with van der Waals surface area (Å²) in [5.41, 5.74) is 1.20. The molecular weight excluding hydrogens is 518 g/mol. The van der Waals surface area contributed by atoms with E-state index < -0.39 is 0 Å². The quantitative estimate of drug-likeness (QED) is 0.333. The van der Waals surface area contributed by atoms with Crippen molar-refractivity contribution in [3.05, 3.63) is 29.8 Å². The molecule has 0 radical (unpaired) electrons. The van der Waals surface area contributed by atoms with Gasteiger partial charge in [0.25, 0.3) is 5.91 Å². The topological polar surface area (TPSA) is 82.6 Å². The van der Waals surface area contributed by atoms with E-state index >= 15 is 0 Å². The summed E-state index contributed by atoms with van der Waals surface area (Å²) in [6.07, 6.45) is 0. The second kappa shape index (κ2) is 13.0. The van der Waals surface area contributed by atoms with Gasteiger partial charge in [0, 0.05) is 30.8 Å². The number of halogens is 1. The summed E-state index contributed by atoms with van der Waals surface area (Å²) in [5, 5.41) is 0.601. The number of ether oxygens (including phenoxy) is 5. The molecule has 1 aliphatic rings. The molecule has 37 heavy (non-hydrogen) atoms. The van der Waals surface area contributed by atoms with Crippen molar-refractivity contribution < 1.29 is 28.5 Å². The van der Waals surface area contributed by atoms with Crippen LogP contribution >= 0.6 is 23.7 Å². The van der Waals surface area contributed by atoms with Crippen molar-refractivity contribution in [3.8, 4) is 28.7 Å². The van der Waals surface area contributed by atoms with Crippen molar-refractivity contribution in [1.29, 1.82) is 0 Å². The second-order valence-electron chi connectivity index (χ2n) is 8.32. The third-order valence-electron chi connectivity index (χ3n) is 5.44. The Morgan fingerprint density at radius 1 is 0.919 bits per heavy atom. The number of nitrogens with zero attached hydrogens (tertiary/aromatic N) is 3. The van der Waals surface area contributed by atoms with Crippen LogP contribution in [-0.4, -0.2) is 76.0 Å². The molecule has 4 rings (SSSR count). The van der Waals surface area contributed by atoms with Gasteiger partial charge in [-0.05, 0) is 47.0 Å². The van der Waals surface area contributed by atoms with Gasteiger partial charge in [-0.15, -0.1) is 12.4 Å². The molecule has 11 heteroatoms. The van der Waals surface area contributed by atoms with Crippen LogP contribution in [0.3, 0.4) is 0 Å². The van der Waals surface area contributed by atoms with Crippen molar-refractivity contribution in [3.63, 3.8) is 0 Å². The predicted molar refractivity (Wildman–Crippen MR) is 148 cm³/mol. The zero-order chi connectivity index (χ0) is 25.7. The van der Waals surface area contributed by atoms with E-state index in [1.165, 1.54) is 11.3 Å². The van der Waals surface area contributed by atoms with Gasteiger partial charge in [-0.25, -0.2) is 4.98 Å². The number of carbonyl (C=O) groups excluding carboxylic acids is 1. The summed E-state index contributed by atoms with van der Waals surface area (Å²) in [5.74, 6) is 2.64. The molecule has 0 atom stereocenters. The van der Waals surface area contributed by atoms with Crippen molar-refractivity contribution in [2.24, 2.45) is 0 Å². The van der Waals surface area contributed by atoms with Gasteiger partial charge in [-0.1, -0.05) is 11.3 Å². The van der Waals surface area contributed by atoms with E-state index in [4.69, 9.17) is 28.7 Å². The SMILES string of the molecule is CCOc1cc(C(=O)N(CCN(C)C)c2nc3cc4c(cc3s2)OCCO4)cc(OCC)c1OCC.Cl. The van der Waals surface area contributed by atoms with Gasteiger partial charge < -0.3 is 28.6 Å². The lowest BCUT2D eigenvalue weighted by molar-refractivity contribution is 0.0984. The predicted octanol–water partition coefficient (Wildman–Crippen LogP) is 4.89. The summed E-state index contributed by atoms with van der Waals surface area (Å²) in [6.45, 7) is 9.13. The van der Waals surface area contributed by atoms with E-state index in [-0.39, 0.29) is 18.3 Å². The Kier molecular flexibility index (Phi) is 10.1. The Hall–Kier alpha value is -2.95. The number of hydrogen-bond donors (Lipinski definition) is 0. The number of fused-ring (bicyclic) bond motifs is 2. The van der Waals surface area contributed by atoms with Gasteiger partial charge in [0.2, 0.25) is 5.75 Å². The van der Waals surface area contributed by atoms with Crippen LogP contribution in [0.25, 0.3) is 10.2 Å². The highest BCUT2D eigenvalue weighted by molar-refractivity contribution is 7.22. The van der Waals surface area contributed by atoms with E-state index in [9.17, 15) is 4.79 Å². The average Bonchev–Trinajstić information content (AvgIpc) is 3.26. The Bertz CT molecular complexity index is 1150. The third kappa shape index (κ3) is 6.49. The number of likely N-dealkylation sites (N-methyl/N-ethyl adjacent to an activating group) is 1. The minimum Gasteiger partial charge on any atom is -0.490 e. The number of amides is 1. The Morgan fingerprint density at radius 2 is 1.51 bits per heavy atom. The molecular formula is C26H34ClN3O6S. The van der Waals surface area contributed by atoms with E-state index in [2.05, 4.69) is 0 Å². The number of benzene rings is 2. The molecule has 0 aliphatic carbocycles. The average molecular weight is 552 g/mol. The maximum absolute atomic E-state index is 13.9. The standard InChI is InChI=1S/C26H33N3O6S.ClH/c1-6-31-21-13-17(14-22(32-7-2)24(21)33-8-3)25(30)29(10-9-28(4)5)26-27-18-15-19-20(16-23(18)36-26)35-12-11-34-19;/h13-16H,6-12H2,1-5H3;1H. The molecule has 2 heterocycles. The summed E-state index contributed by atoms with van der Waals surface area (Å²) >= 11 is 1.45. The highest BCUT2D eigenvalue weighted by Gasteiger charge is 2.26. The van der Waals surface area contributed by atoms with Gasteiger partial charge in [0.15, 0.2) is 28.1 Å². The molecule has 202 valence electrons. The first-order valence-corrected chi connectivity index (χ1v) is 13.0. The van der Waals surface area contributed by atoms with Crippen LogP contribution in [0.2, 0.25) is 0 Å². The maximum Gasteiger partial charge on any atom is 0.260 e. The van der Waals surface area contributed by atoms with Gasteiger partial charge in [0.05, 0.1) is 30.0 Å². The van der Waals surface area contributed by atoms with Crippen LogP contribution in [-0.2, 0) is 0 Å². The van der Waals surface area contributed by atoms with Gasteiger partial charge in [-0.3, -0.25) is 9.69 Å². The molecule has 0 saturated heterocycles. The summed E-state index contributed by atoms with van der Waals surface area (Å²) in [7, 11) is 3.95. The van der Waals surface area contributed by atoms with Crippen LogP contribution in [0.1, 0.15) is 31.1 Å². The molecule has 1 aromatic heterocycles. The van der Waals surface area contributed by atoms with Crippen molar-refractivity contribution in [2.45, 2.75) is 20.8 Å². The lowest BCUT2D eigenvalue weighted by Gasteiger charge is -2.23.